The summed E-state index contributed by atoms with van der Waals surface area (Å²) in [6.07, 6.45) is 2.57. The normalized spacial score (nSPS) is 12.9. The van der Waals surface area contributed by atoms with Crippen LogP contribution >= 0.6 is 0 Å². The highest BCUT2D eigenvalue weighted by Gasteiger charge is 2.15. The molecule has 0 saturated carbocycles. The second kappa shape index (κ2) is 6.54. The first kappa shape index (κ1) is 16.4. The van der Waals surface area contributed by atoms with E-state index < -0.39 is 9.84 Å². The lowest BCUT2D eigenvalue weighted by Crippen LogP contribution is -2.16. The Hall–Kier alpha value is -2.51. The van der Waals surface area contributed by atoms with E-state index in [1.807, 2.05) is 30.3 Å². The van der Waals surface area contributed by atoms with E-state index >= 15 is 0 Å². The summed E-state index contributed by atoms with van der Waals surface area (Å²) in [5.74, 6) is 0.480. The summed E-state index contributed by atoms with van der Waals surface area (Å²) in [6.45, 7) is -0.124. The van der Waals surface area contributed by atoms with Gasteiger partial charge in [0, 0.05) is 11.6 Å². The number of nitrogens with one attached hydrogen (secondary N) is 1. The van der Waals surface area contributed by atoms with Gasteiger partial charge in [-0.25, -0.2) is 18.4 Å². The van der Waals surface area contributed by atoms with E-state index in [4.69, 9.17) is 0 Å². The van der Waals surface area contributed by atoms with Crippen LogP contribution in [0.4, 0.5) is 5.82 Å². The Labute approximate surface area is 140 Å². The molecule has 1 atom stereocenters. The maximum Gasteiger partial charge on any atom is 0.175 e. The van der Waals surface area contributed by atoms with Gasteiger partial charge in [-0.1, -0.05) is 30.3 Å². The molecule has 3 rings (SSSR count). The van der Waals surface area contributed by atoms with Crippen LogP contribution in [0.15, 0.2) is 59.8 Å². The number of nitrogens with zero attached hydrogens (tertiary/aromatic N) is 2. The van der Waals surface area contributed by atoms with Gasteiger partial charge in [0.1, 0.15) is 12.1 Å². The number of hydrogen-bond acceptors (Lipinski definition) is 6. The zero-order valence-electron chi connectivity index (χ0n) is 13.0. The van der Waals surface area contributed by atoms with E-state index in [1.54, 1.807) is 12.1 Å². The zero-order chi connectivity index (χ0) is 17.2. The van der Waals surface area contributed by atoms with Gasteiger partial charge in [0.15, 0.2) is 9.84 Å². The van der Waals surface area contributed by atoms with Crippen LogP contribution in [0, 0.1) is 0 Å². The fraction of sp³-hybridized carbons (Fsp3) is 0.176. The van der Waals surface area contributed by atoms with Gasteiger partial charge in [-0.2, -0.15) is 0 Å². The standard InChI is InChI=1S/C17H17N3O3S/c1-24(22,23)13-7-8-15-14(9-13)17(19-11-18-15)20-16(10-21)12-5-3-2-4-6-12/h2-9,11,16,21H,10H2,1H3,(H,18,19,20). The number of anilines is 1. The van der Waals surface area contributed by atoms with Crippen molar-refractivity contribution >= 4 is 26.6 Å². The minimum atomic E-state index is -3.33. The monoisotopic (exact) mass is 343 g/mol. The number of aliphatic hydroxyl groups is 1. The molecule has 0 spiro atoms. The maximum atomic E-state index is 11.8. The molecule has 3 aromatic rings. The van der Waals surface area contributed by atoms with Crippen LogP contribution in [-0.2, 0) is 9.84 Å². The Balaban J connectivity index is 2.05. The Morgan fingerprint density at radius 1 is 1.12 bits per heavy atom. The molecule has 7 heteroatoms. The Kier molecular flexibility index (Phi) is 4.46. The number of rotatable bonds is 5. The molecule has 0 radical (unpaired) electrons. The van der Waals surface area contributed by atoms with Gasteiger partial charge in [-0.15, -0.1) is 0 Å². The molecular formula is C17H17N3O3S. The van der Waals surface area contributed by atoms with Crippen LogP contribution in [0.3, 0.4) is 0 Å². The first-order chi connectivity index (χ1) is 11.5. The topological polar surface area (TPSA) is 92.2 Å². The van der Waals surface area contributed by atoms with E-state index in [-0.39, 0.29) is 17.5 Å². The molecular weight excluding hydrogens is 326 g/mol. The fourth-order valence-corrected chi connectivity index (χ4v) is 3.11. The first-order valence-electron chi connectivity index (χ1n) is 7.36. The van der Waals surface area contributed by atoms with Crippen molar-refractivity contribution in [3.8, 4) is 0 Å². The van der Waals surface area contributed by atoms with Crippen LogP contribution in [0.25, 0.3) is 10.9 Å². The summed E-state index contributed by atoms with van der Waals surface area (Å²) in [4.78, 5) is 8.58. The first-order valence-corrected chi connectivity index (χ1v) is 9.25. The Bertz CT molecular complexity index is 959. The van der Waals surface area contributed by atoms with Crippen LogP contribution < -0.4 is 5.32 Å². The molecule has 0 aliphatic heterocycles. The summed E-state index contributed by atoms with van der Waals surface area (Å²) in [6, 6.07) is 13.8. The molecule has 1 unspecified atom stereocenters. The van der Waals surface area contributed by atoms with Gasteiger partial charge in [-0.3, -0.25) is 0 Å². The third-order valence-electron chi connectivity index (χ3n) is 3.73. The lowest BCUT2D eigenvalue weighted by molar-refractivity contribution is 0.276. The molecule has 24 heavy (non-hydrogen) atoms. The number of aliphatic hydroxyl groups excluding tert-OH is 1. The summed E-state index contributed by atoms with van der Waals surface area (Å²) in [5.41, 5.74) is 1.54. The van der Waals surface area contributed by atoms with Crippen molar-refractivity contribution in [2.24, 2.45) is 0 Å². The number of sulfone groups is 1. The van der Waals surface area contributed by atoms with Crippen LogP contribution in [0.2, 0.25) is 0 Å². The van der Waals surface area contributed by atoms with Crippen molar-refractivity contribution in [2.45, 2.75) is 10.9 Å². The van der Waals surface area contributed by atoms with E-state index in [9.17, 15) is 13.5 Å². The van der Waals surface area contributed by atoms with Crippen molar-refractivity contribution < 1.29 is 13.5 Å². The van der Waals surface area contributed by atoms with E-state index in [0.29, 0.717) is 16.7 Å². The molecule has 0 fully saturated rings. The average Bonchev–Trinajstić information content (AvgIpc) is 2.59. The quantitative estimate of drug-likeness (QED) is 0.738. The third kappa shape index (κ3) is 3.37. The maximum absolute atomic E-state index is 11.8. The molecule has 1 aromatic heterocycles. The van der Waals surface area contributed by atoms with Crippen molar-refractivity contribution in [3.63, 3.8) is 0 Å². The van der Waals surface area contributed by atoms with Crippen molar-refractivity contribution in [2.75, 3.05) is 18.2 Å². The van der Waals surface area contributed by atoms with Crippen LogP contribution in [0.1, 0.15) is 11.6 Å². The largest absolute Gasteiger partial charge is 0.394 e. The van der Waals surface area contributed by atoms with Crippen LogP contribution in [0.5, 0.6) is 0 Å². The van der Waals surface area contributed by atoms with Crippen molar-refractivity contribution in [1.29, 1.82) is 0 Å². The molecule has 124 valence electrons. The predicted molar refractivity (Wildman–Crippen MR) is 92.5 cm³/mol. The van der Waals surface area contributed by atoms with Gasteiger partial charge >= 0.3 is 0 Å². The molecule has 0 aliphatic carbocycles. The summed E-state index contributed by atoms with van der Waals surface area (Å²) in [5, 5.41) is 13.5. The Morgan fingerprint density at radius 3 is 2.54 bits per heavy atom. The second-order valence-electron chi connectivity index (χ2n) is 5.46. The highest BCUT2D eigenvalue weighted by atomic mass is 32.2. The van der Waals surface area contributed by atoms with Gasteiger partial charge < -0.3 is 10.4 Å². The second-order valence-corrected chi connectivity index (χ2v) is 7.48. The molecule has 0 aliphatic rings. The summed E-state index contributed by atoms with van der Waals surface area (Å²) in [7, 11) is -3.33. The fourth-order valence-electron chi connectivity index (χ4n) is 2.47. The molecule has 2 N–H and O–H groups in total. The van der Waals surface area contributed by atoms with Crippen LogP contribution in [-0.4, -0.2) is 36.4 Å². The van der Waals surface area contributed by atoms with Gasteiger partial charge in [0.05, 0.1) is 23.1 Å². The Morgan fingerprint density at radius 2 is 1.88 bits per heavy atom. The summed E-state index contributed by atoms with van der Waals surface area (Å²) < 4.78 is 23.6. The molecule has 0 saturated heterocycles. The highest BCUT2D eigenvalue weighted by molar-refractivity contribution is 7.90. The lowest BCUT2D eigenvalue weighted by atomic mass is 10.1. The molecule has 2 aromatic carbocycles. The van der Waals surface area contributed by atoms with Gasteiger partial charge in [0.25, 0.3) is 0 Å². The number of fused-ring (bicyclic) bond motifs is 1. The highest BCUT2D eigenvalue weighted by Crippen LogP contribution is 2.26. The zero-order valence-corrected chi connectivity index (χ0v) is 13.9. The number of benzene rings is 2. The third-order valence-corrected chi connectivity index (χ3v) is 4.84. The molecule has 6 nitrogen and oxygen atoms in total. The van der Waals surface area contributed by atoms with E-state index in [2.05, 4.69) is 15.3 Å². The number of hydrogen-bond donors (Lipinski definition) is 2. The average molecular weight is 343 g/mol. The SMILES string of the molecule is CS(=O)(=O)c1ccc2ncnc(NC(CO)c3ccccc3)c2c1. The van der Waals surface area contributed by atoms with E-state index in [0.717, 1.165) is 11.8 Å². The molecule has 0 amide bonds. The van der Waals surface area contributed by atoms with Crippen molar-refractivity contribution in [3.05, 3.63) is 60.4 Å². The molecule has 1 heterocycles. The summed E-state index contributed by atoms with van der Waals surface area (Å²) >= 11 is 0. The van der Waals surface area contributed by atoms with Gasteiger partial charge in [0.2, 0.25) is 0 Å². The minimum Gasteiger partial charge on any atom is -0.394 e. The molecule has 0 bridgehead atoms. The van der Waals surface area contributed by atoms with Crippen molar-refractivity contribution in [1.82, 2.24) is 9.97 Å². The lowest BCUT2D eigenvalue weighted by Gasteiger charge is -2.18. The minimum absolute atomic E-state index is 0.124. The number of aromatic nitrogens is 2. The van der Waals surface area contributed by atoms with Gasteiger partial charge in [-0.05, 0) is 23.8 Å². The van der Waals surface area contributed by atoms with E-state index in [1.165, 1.54) is 12.4 Å². The smallest absolute Gasteiger partial charge is 0.175 e. The predicted octanol–water partition coefficient (Wildman–Crippen LogP) is 2.18.